The van der Waals surface area contributed by atoms with E-state index in [-0.39, 0.29) is 24.8 Å². The van der Waals surface area contributed by atoms with E-state index in [1.54, 1.807) is 11.1 Å². The third-order valence-electron chi connectivity index (χ3n) is 8.33. The Morgan fingerprint density at radius 1 is 0.447 bits per heavy atom. The van der Waals surface area contributed by atoms with Gasteiger partial charge in [-0.05, 0) is 57.4 Å². The van der Waals surface area contributed by atoms with Gasteiger partial charge in [0.15, 0.2) is 0 Å². The van der Waals surface area contributed by atoms with Crippen LogP contribution >= 0.6 is 0 Å². The number of hydrogen-bond acceptors (Lipinski definition) is 0. The SMILES string of the molecule is CCCCCC[N+](C)(CCCCCC)Cc1cccc(C[N+](C)(CCCCCC)CCCCCC)c1.[Cl-].[Cl-]. The molecule has 0 aromatic heterocycles. The van der Waals surface area contributed by atoms with Crippen LogP contribution in [0.5, 0.6) is 0 Å². The second-order valence-electron chi connectivity index (χ2n) is 12.5. The maximum atomic E-state index is 2.57. The van der Waals surface area contributed by atoms with Gasteiger partial charge >= 0.3 is 0 Å². The number of nitrogens with zero attached hydrogens (tertiary/aromatic N) is 2. The van der Waals surface area contributed by atoms with Gasteiger partial charge in [0.2, 0.25) is 0 Å². The molecule has 1 aromatic rings. The molecule has 0 radical (unpaired) electrons. The minimum atomic E-state index is 0. The molecule has 2 nitrogen and oxygen atoms in total. The fraction of sp³-hybridized carbons (Fsp3) is 0.824. The Morgan fingerprint density at radius 2 is 0.737 bits per heavy atom. The van der Waals surface area contributed by atoms with E-state index in [0.29, 0.717) is 0 Å². The first-order valence-electron chi connectivity index (χ1n) is 16.1. The van der Waals surface area contributed by atoms with E-state index in [2.05, 4.69) is 66.1 Å². The van der Waals surface area contributed by atoms with Crippen molar-refractivity contribution in [1.82, 2.24) is 0 Å². The Hall–Kier alpha value is -0.280. The van der Waals surface area contributed by atoms with Crippen molar-refractivity contribution in [3.8, 4) is 0 Å². The smallest absolute Gasteiger partial charge is 0.104 e. The summed E-state index contributed by atoms with van der Waals surface area (Å²) in [6, 6.07) is 9.74. The van der Waals surface area contributed by atoms with Crippen LogP contribution in [0.3, 0.4) is 0 Å². The highest BCUT2D eigenvalue weighted by molar-refractivity contribution is 5.22. The molecule has 38 heavy (non-hydrogen) atoms. The number of rotatable bonds is 24. The van der Waals surface area contributed by atoms with Crippen molar-refractivity contribution >= 4 is 0 Å². The molecule has 226 valence electrons. The van der Waals surface area contributed by atoms with Crippen LogP contribution < -0.4 is 24.8 Å². The fourth-order valence-electron chi connectivity index (χ4n) is 5.93. The first-order valence-corrected chi connectivity index (χ1v) is 16.1. The quantitative estimate of drug-likeness (QED) is 0.130. The van der Waals surface area contributed by atoms with Gasteiger partial charge in [-0.2, -0.15) is 0 Å². The number of quaternary nitrogens is 2. The number of unbranched alkanes of at least 4 members (excludes halogenated alkanes) is 12. The molecule has 1 rings (SSSR count). The molecular weight excluding hydrogens is 507 g/mol. The standard InChI is InChI=1S/C34H66N2.2ClH/c1-7-11-15-19-26-35(5,27-20-16-12-8-2)31-33-24-23-25-34(30-33)32-36(6,28-21-17-13-9-3)29-22-18-14-10-4;;/h23-25,30H,7-22,26-29,31-32H2,1-6H3;2*1H/q+2;;/p-2. The van der Waals surface area contributed by atoms with Crippen molar-refractivity contribution < 1.29 is 33.8 Å². The van der Waals surface area contributed by atoms with E-state index in [1.807, 2.05) is 0 Å². The molecule has 0 heterocycles. The molecule has 0 aliphatic heterocycles. The van der Waals surface area contributed by atoms with Crippen LogP contribution in [0.2, 0.25) is 0 Å². The first kappa shape index (κ1) is 39.9. The molecule has 4 heteroatoms. The summed E-state index contributed by atoms with van der Waals surface area (Å²) in [5, 5.41) is 0. The Balaban J connectivity index is 0. The van der Waals surface area contributed by atoms with Crippen LogP contribution in [-0.4, -0.2) is 49.2 Å². The molecule has 0 amide bonds. The lowest BCUT2D eigenvalue weighted by Gasteiger charge is -2.36. The minimum Gasteiger partial charge on any atom is -1.00 e. The third-order valence-corrected chi connectivity index (χ3v) is 8.33. The van der Waals surface area contributed by atoms with E-state index < -0.39 is 0 Å². The van der Waals surface area contributed by atoms with Crippen molar-refractivity contribution in [3.63, 3.8) is 0 Å². The fourth-order valence-corrected chi connectivity index (χ4v) is 5.93. The van der Waals surface area contributed by atoms with Gasteiger partial charge in [-0.25, -0.2) is 0 Å². The number of hydrogen-bond donors (Lipinski definition) is 0. The normalized spacial score (nSPS) is 11.7. The van der Waals surface area contributed by atoms with Crippen LogP contribution in [0.15, 0.2) is 24.3 Å². The summed E-state index contributed by atoms with van der Waals surface area (Å²) in [5.74, 6) is 0. The van der Waals surface area contributed by atoms with Crippen molar-refractivity contribution in [2.24, 2.45) is 0 Å². The van der Waals surface area contributed by atoms with Gasteiger partial charge in [-0.1, -0.05) is 97.3 Å². The summed E-state index contributed by atoms with van der Waals surface area (Å²) >= 11 is 0. The molecule has 0 aliphatic rings. The maximum Gasteiger partial charge on any atom is 0.104 e. The van der Waals surface area contributed by atoms with E-state index in [9.17, 15) is 0 Å². The van der Waals surface area contributed by atoms with Crippen LogP contribution in [0.1, 0.15) is 142 Å². The molecule has 0 spiro atoms. The van der Waals surface area contributed by atoms with Gasteiger partial charge in [-0.15, -0.1) is 0 Å². The Bertz CT molecular complexity index is 574. The van der Waals surface area contributed by atoms with Gasteiger partial charge in [0, 0.05) is 11.1 Å². The maximum absolute atomic E-state index is 2.57. The van der Waals surface area contributed by atoms with Gasteiger partial charge in [-0.3, -0.25) is 0 Å². The zero-order chi connectivity index (χ0) is 26.5. The van der Waals surface area contributed by atoms with Gasteiger partial charge in [0.1, 0.15) is 13.1 Å². The third kappa shape index (κ3) is 18.9. The van der Waals surface area contributed by atoms with E-state index >= 15 is 0 Å². The molecule has 0 bridgehead atoms. The molecule has 0 unspecified atom stereocenters. The highest BCUT2D eigenvalue weighted by Gasteiger charge is 2.24. The molecular formula is C34H66Cl2N2. The van der Waals surface area contributed by atoms with Crippen LogP contribution in [0, 0.1) is 0 Å². The summed E-state index contributed by atoms with van der Waals surface area (Å²) in [4.78, 5) is 0. The van der Waals surface area contributed by atoms with Gasteiger partial charge in [0.25, 0.3) is 0 Å². The molecule has 0 aliphatic carbocycles. The molecule has 0 atom stereocenters. The number of benzene rings is 1. The number of halogens is 2. The molecule has 1 aromatic carbocycles. The highest BCUT2D eigenvalue weighted by Crippen LogP contribution is 2.21. The Morgan fingerprint density at radius 3 is 1.00 bits per heavy atom. The average molecular weight is 574 g/mol. The lowest BCUT2D eigenvalue weighted by molar-refractivity contribution is -0.923. The predicted molar refractivity (Wildman–Crippen MR) is 162 cm³/mol. The summed E-state index contributed by atoms with van der Waals surface area (Å²) in [6.45, 7) is 17.0. The molecule has 0 fully saturated rings. The van der Waals surface area contributed by atoms with E-state index in [4.69, 9.17) is 0 Å². The zero-order valence-corrected chi connectivity index (χ0v) is 28.0. The molecule has 0 saturated heterocycles. The largest absolute Gasteiger partial charge is 1.00 e. The zero-order valence-electron chi connectivity index (χ0n) is 26.5. The van der Waals surface area contributed by atoms with Crippen molar-refractivity contribution in [3.05, 3.63) is 35.4 Å². The summed E-state index contributed by atoms with van der Waals surface area (Å²) in [7, 11) is 5.07. The monoisotopic (exact) mass is 572 g/mol. The second kappa shape index (κ2) is 24.5. The van der Waals surface area contributed by atoms with Crippen LogP contribution in [-0.2, 0) is 13.1 Å². The van der Waals surface area contributed by atoms with E-state index in [1.165, 1.54) is 151 Å². The summed E-state index contributed by atoms with van der Waals surface area (Å²) in [6.07, 6.45) is 22.0. The van der Waals surface area contributed by atoms with Gasteiger partial charge < -0.3 is 33.8 Å². The van der Waals surface area contributed by atoms with Gasteiger partial charge in [0.05, 0.1) is 40.3 Å². The summed E-state index contributed by atoms with van der Waals surface area (Å²) < 4.78 is 2.44. The predicted octanol–water partition coefficient (Wildman–Crippen LogP) is 3.91. The molecule has 0 N–H and O–H groups in total. The average Bonchev–Trinajstić information content (AvgIpc) is 2.85. The second-order valence-corrected chi connectivity index (χ2v) is 12.5. The Labute approximate surface area is 252 Å². The summed E-state index contributed by atoms with van der Waals surface area (Å²) in [5.41, 5.74) is 3.12. The lowest BCUT2D eigenvalue weighted by atomic mass is 10.1. The molecule has 0 saturated carbocycles. The van der Waals surface area contributed by atoms with Crippen LogP contribution in [0.4, 0.5) is 0 Å². The van der Waals surface area contributed by atoms with E-state index in [0.717, 1.165) is 0 Å². The first-order chi connectivity index (χ1) is 17.4. The van der Waals surface area contributed by atoms with Crippen molar-refractivity contribution in [1.29, 1.82) is 0 Å². The Kier molecular flexibility index (Phi) is 25.7. The van der Waals surface area contributed by atoms with Crippen LogP contribution in [0.25, 0.3) is 0 Å². The highest BCUT2D eigenvalue weighted by atomic mass is 35.5. The topological polar surface area (TPSA) is 0 Å². The lowest BCUT2D eigenvalue weighted by Crippen LogP contribution is -3.00. The van der Waals surface area contributed by atoms with Crippen molar-refractivity contribution in [2.75, 3.05) is 40.3 Å². The van der Waals surface area contributed by atoms with Crippen molar-refractivity contribution in [2.45, 2.75) is 144 Å². The minimum absolute atomic E-state index is 0.